The minimum Gasteiger partial charge on any atom is -0.457 e. The molecule has 21 heavy (non-hydrogen) atoms. The van der Waals surface area contributed by atoms with Crippen LogP contribution in [0.2, 0.25) is 0 Å². The predicted octanol–water partition coefficient (Wildman–Crippen LogP) is 6.59. The van der Waals surface area contributed by atoms with E-state index < -0.39 is 0 Å². The highest BCUT2D eigenvalue weighted by molar-refractivity contribution is 9.10. The van der Waals surface area contributed by atoms with Crippen LogP contribution >= 0.6 is 27.5 Å². The third-order valence-corrected chi connectivity index (χ3v) is 4.37. The highest BCUT2D eigenvalue weighted by Gasteiger charge is 2.19. The van der Waals surface area contributed by atoms with Gasteiger partial charge >= 0.3 is 0 Å². The predicted molar refractivity (Wildman–Crippen MR) is 93.7 cm³/mol. The molecule has 0 aliphatic rings. The zero-order valence-electron chi connectivity index (χ0n) is 12.8. The summed E-state index contributed by atoms with van der Waals surface area (Å²) in [6.07, 6.45) is 0. The molecule has 0 radical (unpaired) electrons. The number of benzene rings is 2. The minimum atomic E-state index is 0.0364. The lowest BCUT2D eigenvalue weighted by molar-refractivity contribution is 0.454. The molecule has 0 N–H and O–H groups in total. The summed E-state index contributed by atoms with van der Waals surface area (Å²) in [7, 11) is 0. The summed E-state index contributed by atoms with van der Waals surface area (Å²) in [5, 5.41) is 0. The van der Waals surface area contributed by atoms with Gasteiger partial charge in [-0.2, -0.15) is 0 Å². The lowest BCUT2D eigenvalue weighted by Crippen LogP contribution is -2.12. The maximum atomic E-state index is 6.10. The second-order valence-electron chi connectivity index (χ2n) is 6.24. The first-order valence-electron chi connectivity index (χ1n) is 6.94. The third kappa shape index (κ3) is 4.02. The Morgan fingerprint density at radius 3 is 2.38 bits per heavy atom. The Morgan fingerprint density at radius 1 is 1.10 bits per heavy atom. The normalized spacial score (nSPS) is 11.5. The van der Waals surface area contributed by atoms with Crippen molar-refractivity contribution in [2.45, 2.75) is 39.0 Å². The monoisotopic (exact) mass is 366 g/mol. The van der Waals surface area contributed by atoms with Crippen molar-refractivity contribution in [2.75, 3.05) is 0 Å². The number of alkyl halides is 1. The first kappa shape index (κ1) is 16.4. The Kier molecular flexibility index (Phi) is 5.00. The molecule has 2 aromatic carbocycles. The molecule has 0 heterocycles. The fraction of sp³-hybridized carbons (Fsp3) is 0.333. The van der Waals surface area contributed by atoms with E-state index in [4.69, 9.17) is 16.3 Å². The van der Waals surface area contributed by atoms with E-state index in [2.05, 4.69) is 55.8 Å². The Hall–Kier alpha value is -0.990. The van der Waals surface area contributed by atoms with E-state index in [1.807, 2.05) is 24.3 Å². The van der Waals surface area contributed by atoms with Crippen LogP contribution in [-0.4, -0.2) is 0 Å². The summed E-state index contributed by atoms with van der Waals surface area (Å²) in [5.74, 6) is 2.20. The molecule has 0 aromatic heterocycles. The molecule has 2 rings (SSSR count). The zero-order valence-corrected chi connectivity index (χ0v) is 15.2. The van der Waals surface area contributed by atoms with Gasteiger partial charge in [-0.3, -0.25) is 0 Å². The van der Waals surface area contributed by atoms with Gasteiger partial charge in [-0.1, -0.05) is 60.5 Å². The SMILES string of the molecule is Cc1ccc(Oc2ccc(CCl)c(Br)c2)c(C(C)(C)C)c1. The summed E-state index contributed by atoms with van der Waals surface area (Å²) in [5.41, 5.74) is 3.55. The second kappa shape index (κ2) is 6.41. The fourth-order valence-corrected chi connectivity index (χ4v) is 3.04. The highest BCUT2D eigenvalue weighted by atomic mass is 79.9. The lowest BCUT2D eigenvalue weighted by Gasteiger charge is -2.23. The average molecular weight is 368 g/mol. The fourth-order valence-electron chi connectivity index (χ4n) is 2.15. The third-order valence-electron chi connectivity index (χ3n) is 3.34. The van der Waals surface area contributed by atoms with Crippen LogP contribution in [0.25, 0.3) is 0 Å². The number of hydrogen-bond donors (Lipinski definition) is 0. The first-order valence-corrected chi connectivity index (χ1v) is 8.27. The van der Waals surface area contributed by atoms with Crippen molar-refractivity contribution in [3.8, 4) is 11.5 Å². The van der Waals surface area contributed by atoms with Gasteiger partial charge in [0.25, 0.3) is 0 Å². The standard InChI is InChI=1S/C18H20BrClO/c1-12-5-8-17(15(9-12)18(2,3)4)21-14-7-6-13(11-20)16(19)10-14/h5-10H,11H2,1-4H3. The number of halogens is 2. The smallest absolute Gasteiger partial charge is 0.131 e. The van der Waals surface area contributed by atoms with Crippen molar-refractivity contribution < 1.29 is 4.74 Å². The summed E-state index contributed by atoms with van der Waals surface area (Å²) in [6.45, 7) is 8.69. The van der Waals surface area contributed by atoms with Crippen molar-refractivity contribution >= 4 is 27.5 Å². The van der Waals surface area contributed by atoms with E-state index in [1.165, 1.54) is 11.1 Å². The summed E-state index contributed by atoms with van der Waals surface area (Å²) >= 11 is 9.40. The Balaban J connectivity index is 2.38. The molecular formula is C18H20BrClO. The van der Waals surface area contributed by atoms with Gasteiger partial charge in [0.2, 0.25) is 0 Å². The van der Waals surface area contributed by atoms with Crippen LogP contribution in [0.5, 0.6) is 11.5 Å². The van der Waals surface area contributed by atoms with Crippen LogP contribution in [0.15, 0.2) is 40.9 Å². The first-order chi connectivity index (χ1) is 9.81. The molecule has 0 aliphatic heterocycles. The summed E-state index contributed by atoms with van der Waals surface area (Å²) in [6, 6.07) is 12.2. The van der Waals surface area contributed by atoms with Gasteiger partial charge in [0.1, 0.15) is 11.5 Å². The molecule has 112 valence electrons. The molecule has 0 atom stereocenters. The van der Waals surface area contributed by atoms with Gasteiger partial charge < -0.3 is 4.74 Å². The van der Waals surface area contributed by atoms with Gasteiger partial charge in [0.05, 0.1) is 0 Å². The van der Waals surface area contributed by atoms with Crippen molar-refractivity contribution in [3.63, 3.8) is 0 Å². The van der Waals surface area contributed by atoms with Gasteiger partial charge in [-0.15, -0.1) is 11.6 Å². The Morgan fingerprint density at radius 2 is 1.81 bits per heavy atom. The largest absolute Gasteiger partial charge is 0.457 e. The average Bonchev–Trinajstić information content (AvgIpc) is 2.40. The van der Waals surface area contributed by atoms with E-state index in [9.17, 15) is 0 Å². The zero-order chi connectivity index (χ0) is 15.6. The molecule has 0 saturated carbocycles. The molecule has 1 nitrogen and oxygen atoms in total. The number of rotatable bonds is 3. The van der Waals surface area contributed by atoms with Crippen molar-refractivity contribution in [1.82, 2.24) is 0 Å². The molecule has 3 heteroatoms. The van der Waals surface area contributed by atoms with Crippen LogP contribution < -0.4 is 4.74 Å². The maximum absolute atomic E-state index is 6.10. The second-order valence-corrected chi connectivity index (χ2v) is 7.36. The molecule has 2 aromatic rings. The van der Waals surface area contributed by atoms with Gasteiger partial charge in [-0.05, 0) is 36.1 Å². The van der Waals surface area contributed by atoms with E-state index >= 15 is 0 Å². The van der Waals surface area contributed by atoms with Crippen molar-refractivity contribution in [3.05, 3.63) is 57.6 Å². The molecule has 0 amide bonds. The molecule has 0 unspecified atom stereocenters. The van der Waals surface area contributed by atoms with E-state index in [0.29, 0.717) is 5.88 Å². The summed E-state index contributed by atoms with van der Waals surface area (Å²) in [4.78, 5) is 0. The number of hydrogen-bond acceptors (Lipinski definition) is 1. The molecule has 0 fully saturated rings. The van der Waals surface area contributed by atoms with Crippen molar-refractivity contribution in [2.24, 2.45) is 0 Å². The quantitative estimate of drug-likeness (QED) is 0.556. The molecular weight excluding hydrogens is 348 g/mol. The van der Waals surface area contributed by atoms with Gasteiger partial charge in [0, 0.05) is 15.9 Å². The maximum Gasteiger partial charge on any atom is 0.131 e. The van der Waals surface area contributed by atoms with E-state index in [-0.39, 0.29) is 5.41 Å². The van der Waals surface area contributed by atoms with Crippen LogP contribution in [-0.2, 0) is 11.3 Å². The minimum absolute atomic E-state index is 0.0364. The van der Waals surface area contributed by atoms with Crippen LogP contribution in [0, 0.1) is 6.92 Å². The molecule has 0 bridgehead atoms. The highest BCUT2D eigenvalue weighted by Crippen LogP contribution is 2.36. The Bertz CT molecular complexity index is 644. The molecule has 0 aliphatic carbocycles. The molecule has 0 spiro atoms. The van der Waals surface area contributed by atoms with Gasteiger partial charge in [0.15, 0.2) is 0 Å². The lowest BCUT2D eigenvalue weighted by atomic mass is 9.85. The topological polar surface area (TPSA) is 9.23 Å². The number of ether oxygens (including phenoxy) is 1. The van der Waals surface area contributed by atoms with Crippen LogP contribution in [0.1, 0.15) is 37.5 Å². The summed E-state index contributed by atoms with van der Waals surface area (Å²) < 4.78 is 7.07. The van der Waals surface area contributed by atoms with Crippen LogP contribution in [0.3, 0.4) is 0 Å². The van der Waals surface area contributed by atoms with Gasteiger partial charge in [-0.25, -0.2) is 0 Å². The van der Waals surface area contributed by atoms with E-state index in [0.717, 1.165) is 21.5 Å². The van der Waals surface area contributed by atoms with Crippen LogP contribution in [0.4, 0.5) is 0 Å². The number of aryl methyl sites for hydroxylation is 1. The van der Waals surface area contributed by atoms with E-state index in [1.54, 1.807) is 0 Å². The Labute approximate surface area is 140 Å². The molecule has 0 saturated heterocycles. The van der Waals surface area contributed by atoms with Crippen molar-refractivity contribution in [1.29, 1.82) is 0 Å².